The number of guanidine groups is 1. The van der Waals surface area contributed by atoms with Crippen LogP contribution in [0, 0.1) is 12.8 Å². The number of nitrogens with zero attached hydrogens (tertiary/aromatic N) is 5. The molecule has 7 heteroatoms. The molecule has 1 atom stereocenters. The van der Waals surface area contributed by atoms with E-state index in [1.807, 2.05) is 6.07 Å². The van der Waals surface area contributed by atoms with Crippen LogP contribution in [-0.2, 0) is 6.54 Å². The van der Waals surface area contributed by atoms with Crippen molar-refractivity contribution in [2.24, 2.45) is 10.9 Å². The fraction of sp³-hybridized carbons (Fsp3) is 0.667. The van der Waals surface area contributed by atoms with Crippen molar-refractivity contribution in [2.45, 2.75) is 40.7 Å². The molecule has 0 aliphatic carbocycles. The fourth-order valence-corrected chi connectivity index (χ4v) is 4.30. The summed E-state index contributed by atoms with van der Waals surface area (Å²) in [6.07, 6.45) is 1.03. The average molecular weight is 428 g/mol. The third-order valence-electron chi connectivity index (χ3n) is 6.08. The van der Waals surface area contributed by atoms with Crippen LogP contribution in [0.3, 0.4) is 0 Å². The Morgan fingerprint density at radius 1 is 1.10 bits per heavy atom. The smallest absolute Gasteiger partial charge is 0.191 e. The van der Waals surface area contributed by atoms with Crippen LogP contribution >= 0.6 is 0 Å². The van der Waals surface area contributed by atoms with Gasteiger partial charge in [-0.2, -0.15) is 0 Å². The molecule has 1 aromatic heterocycles. The molecular weight excluding hydrogens is 386 g/mol. The number of piperazine rings is 1. The zero-order chi connectivity index (χ0) is 22.1. The lowest BCUT2D eigenvalue weighted by atomic mass is 10.1. The molecule has 0 radical (unpaired) electrons. The minimum atomic E-state index is 0.559. The van der Waals surface area contributed by atoms with Crippen LogP contribution in [0.2, 0.25) is 0 Å². The van der Waals surface area contributed by atoms with E-state index in [9.17, 15) is 0 Å². The second kappa shape index (κ2) is 12.1. The topological polar surface area (TPSA) is 60.7 Å². The minimum absolute atomic E-state index is 0.559. The lowest BCUT2D eigenvalue weighted by molar-refractivity contribution is 0.125. The monoisotopic (exact) mass is 427 g/mol. The standard InChI is InChI=1S/C24H41N7/c1-5-25-24(27-18-20(3)19-30-16-14-29(6-2)15-17-30)26-12-9-13-31-21(4)28-22-10-7-8-11-23(22)31/h7-8,10-11,20H,5-6,9,12-19H2,1-4H3,(H2,25,26,27). The number of nitrogens with one attached hydrogen (secondary N) is 2. The zero-order valence-electron chi connectivity index (χ0n) is 19.9. The molecule has 2 heterocycles. The average Bonchev–Trinajstić information content (AvgIpc) is 3.10. The van der Waals surface area contributed by atoms with E-state index in [2.05, 4.69) is 75.9 Å². The molecule has 0 spiro atoms. The lowest BCUT2D eigenvalue weighted by Gasteiger charge is -2.35. The van der Waals surface area contributed by atoms with Gasteiger partial charge in [-0.15, -0.1) is 0 Å². The zero-order valence-corrected chi connectivity index (χ0v) is 19.9. The molecule has 7 nitrogen and oxygen atoms in total. The highest BCUT2D eigenvalue weighted by Gasteiger charge is 2.17. The number of rotatable bonds is 10. The van der Waals surface area contributed by atoms with E-state index in [0.29, 0.717) is 5.92 Å². The Labute approximate surface area is 187 Å². The summed E-state index contributed by atoms with van der Waals surface area (Å²) in [6, 6.07) is 8.36. The Morgan fingerprint density at radius 2 is 1.84 bits per heavy atom. The van der Waals surface area contributed by atoms with Crippen LogP contribution in [0.5, 0.6) is 0 Å². The Kier molecular flexibility index (Phi) is 9.15. The second-order valence-electron chi connectivity index (χ2n) is 8.64. The first-order valence-electron chi connectivity index (χ1n) is 12.0. The summed E-state index contributed by atoms with van der Waals surface area (Å²) in [5.74, 6) is 2.57. The van der Waals surface area contributed by atoms with E-state index in [0.717, 1.165) is 56.4 Å². The van der Waals surface area contributed by atoms with Gasteiger partial charge in [0.15, 0.2) is 5.96 Å². The van der Waals surface area contributed by atoms with E-state index >= 15 is 0 Å². The van der Waals surface area contributed by atoms with Gasteiger partial charge in [0.05, 0.1) is 11.0 Å². The molecule has 172 valence electrons. The van der Waals surface area contributed by atoms with Gasteiger partial charge in [-0.1, -0.05) is 26.0 Å². The van der Waals surface area contributed by atoms with Crippen LogP contribution in [0.1, 0.15) is 33.0 Å². The van der Waals surface area contributed by atoms with Crippen LogP contribution in [0.4, 0.5) is 0 Å². The van der Waals surface area contributed by atoms with Gasteiger partial charge in [-0.05, 0) is 44.9 Å². The van der Waals surface area contributed by atoms with Crippen molar-refractivity contribution < 1.29 is 0 Å². The predicted octanol–water partition coefficient (Wildman–Crippen LogP) is 2.56. The molecule has 0 amide bonds. The SMILES string of the molecule is CCNC(=NCC(C)CN1CCN(CC)CC1)NCCCn1c(C)nc2ccccc21. The van der Waals surface area contributed by atoms with Crippen LogP contribution in [-0.4, -0.2) is 84.2 Å². The Bertz CT molecular complexity index is 820. The summed E-state index contributed by atoms with van der Waals surface area (Å²) in [5, 5.41) is 6.90. The summed E-state index contributed by atoms with van der Waals surface area (Å²) in [7, 11) is 0. The Hall–Kier alpha value is -2.12. The highest BCUT2D eigenvalue weighted by atomic mass is 15.3. The molecule has 1 aromatic carbocycles. The quantitative estimate of drug-likeness (QED) is 0.347. The molecule has 0 saturated carbocycles. The molecular formula is C24H41N7. The van der Waals surface area contributed by atoms with Gasteiger partial charge >= 0.3 is 0 Å². The third-order valence-corrected chi connectivity index (χ3v) is 6.08. The van der Waals surface area contributed by atoms with Gasteiger partial charge in [-0.3, -0.25) is 4.99 Å². The molecule has 2 aromatic rings. The number of hydrogen-bond donors (Lipinski definition) is 2. The molecule has 1 saturated heterocycles. The Balaban J connectivity index is 1.42. The highest BCUT2D eigenvalue weighted by molar-refractivity contribution is 5.79. The van der Waals surface area contributed by atoms with Crippen molar-refractivity contribution in [3.63, 3.8) is 0 Å². The number of benzene rings is 1. The number of para-hydroxylation sites is 2. The number of imidazole rings is 1. The molecule has 1 aliphatic heterocycles. The van der Waals surface area contributed by atoms with E-state index in [-0.39, 0.29) is 0 Å². The van der Waals surface area contributed by atoms with Crippen LogP contribution < -0.4 is 10.6 Å². The summed E-state index contributed by atoms with van der Waals surface area (Å²) < 4.78 is 2.31. The predicted molar refractivity (Wildman–Crippen MR) is 131 cm³/mol. The lowest BCUT2D eigenvalue weighted by Crippen LogP contribution is -2.47. The van der Waals surface area contributed by atoms with Crippen molar-refractivity contribution in [2.75, 3.05) is 58.9 Å². The van der Waals surface area contributed by atoms with Crippen molar-refractivity contribution in [1.82, 2.24) is 30.0 Å². The highest BCUT2D eigenvalue weighted by Crippen LogP contribution is 2.15. The first-order valence-corrected chi connectivity index (χ1v) is 12.0. The summed E-state index contributed by atoms with van der Waals surface area (Å²) in [4.78, 5) is 14.6. The molecule has 31 heavy (non-hydrogen) atoms. The normalized spacial score (nSPS) is 17.2. The van der Waals surface area contributed by atoms with Crippen LogP contribution in [0.25, 0.3) is 11.0 Å². The van der Waals surface area contributed by atoms with Crippen molar-refractivity contribution >= 4 is 17.0 Å². The number of aromatic nitrogens is 2. The number of hydrogen-bond acceptors (Lipinski definition) is 4. The maximum Gasteiger partial charge on any atom is 0.191 e. The second-order valence-corrected chi connectivity index (χ2v) is 8.64. The summed E-state index contributed by atoms with van der Waals surface area (Å²) >= 11 is 0. The fourth-order valence-electron chi connectivity index (χ4n) is 4.30. The Morgan fingerprint density at radius 3 is 2.58 bits per heavy atom. The minimum Gasteiger partial charge on any atom is -0.357 e. The van der Waals surface area contributed by atoms with Crippen molar-refractivity contribution in [3.05, 3.63) is 30.1 Å². The molecule has 2 N–H and O–H groups in total. The van der Waals surface area contributed by atoms with Crippen molar-refractivity contribution in [1.29, 1.82) is 0 Å². The molecule has 1 aliphatic rings. The van der Waals surface area contributed by atoms with Crippen LogP contribution in [0.15, 0.2) is 29.3 Å². The third kappa shape index (κ3) is 6.94. The first kappa shape index (κ1) is 23.5. The first-order chi connectivity index (χ1) is 15.1. The van der Waals surface area contributed by atoms with Gasteiger partial charge in [-0.25, -0.2) is 4.98 Å². The van der Waals surface area contributed by atoms with Gasteiger partial charge < -0.3 is 25.0 Å². The van der Waals surface area contributed by atoms with Gasteiger partial charge in [0.1, 0.15) is 5.82 Å². The van der Waals surface area contributed by atoms with E-state index < -0.39 is 0 Å². The van der Waals surface area contributed by atoms with E-state index in [4.69, 9.17) is 4.99 Å². The molecule has 1 unspecified atom stereocenters. The van der Waals surface area contributed by atoms with Gasteiger partial charge in [0.2, 0.25) is 0 Å². The number of fused-ring (bicyclic) bond motifs is 1. The number of aryl methyl sites for hydroxylation is 2. The van der Waals surface area contributed by atoms with Gasteiger partial charge in [0, 0.05) is 58.9 Å². The molecule has 1 fully saturated rings. The largest absolute Gasteiger partial charge is 0.357 e. The van der Waals surface area contributed by atoms with Crippen molar-refractivity contribution in [3.8, 4) is 0 Å². The van der Waals surface area contributed by atoms with E-state index in [1.165, 1.54) is 38.2 Å². The summed E-state index contributed by atoms with van der Waals surface area (Å²) in [5.41, 5.74) is 2.29. The number of aliphatic imine (C=N–C) groups is 1. The maximum absolute atomic E-state index is 4.85. The maximum atomic E-state index is 4.85. The van der Waals surface area contributed by atoms with E-state index in [1.54, 1.807) is 0 Å². The van der Waals surface area contributed by atoms with Gasteiger partial charge in [0.25, 0.3) is 0 Å². The number of likely N-dealkylation sites (N-methyl/N-ethyl adjacent to an activating group) is 1. The summed E-state index contributed by atoms with van der Waals surface area (Å²) in [6.45, 7) is 19.4. The molecule has 0 bridgehead atoms. The molecule has 3 rings (SSSR count).